The van der Waals surface area contributed by atoms with Gasteiger partial charge in [0.25, 0.3) is 15.9 Å². The van der Waals surface area contributed by atoms with E-state index in [2.05, 4.69) is 40.4 Å². The Balaban J connectivity index is 0.00000442. The lowest BCUT2D eigenvalue weighted by molar-refractivity contribution is 0.0509. The van der Waals surface area contributed by atoms with Gasteiger partial charge in [-0.3, -0.25) is 4.79 Å². The molecule has 1 atom stereocenters. The third-order valence-electron chi connectivity index (χ3n) is 7.19. The summed E-state index contributed by atoms with van der Waals surface area (Å²) in [6, 6.07) is 18.4. The molecule has 4 bridgehead atoms. The summed E-state index contributed by atoms with van der Waals surface area (Å²) in [4.78, 5) is 29.2. The summed E-state index contributed by atoms with van der Waals surface area (Å²) in [5.41, 5.74) is 9.92. The van der Waals surface area contributed by atoms with E-state index in [0.29, 0.717) is 23.6 Å². The highest BCUT2D eigenvalue weighted by Gasteiger charge is 2.31. The summed E-state index contributed by atoms with van der Waals surface area (Å²) in [6.07, 6.45) is 0.582. The monoisotopic (exact) mass is 636 g/mol. The standard InChI is InChI=1S/C32H36N6O4S.ClH/c1-20-9-6-10-21(2)29(20)26-16-28-36-31(35-26)37-43(40,41)25-13-7-11-22(15-25)30(39)38(18-23-12-8-14-27(33)34-23)24(19-42-28)17-32(3,4)5;/h6-16,24H,17-19H2,1-5H3,(H2,33,34)(H,35,36,37);1H/t24-;/m1./s1. The van der Waals surface area contributed by atoms with Crippen LogP contribution in [-0.4, -0.2) is 46.8 Å². The average molecular weight is 637 g/mol. The van der Waals surface area contributed by atoms with Gasteiger partial charge in [0.05, 0.1) is 28.9 Å². The number of nitrogens with two attached hydrogens (primary N) is 1. The Hall–Kier alpha value is -4.22. The minimum absolute atomic E-state index is 0. The number of sulfonamides is 1. The molecule has 3 N–H and O–H groups in total. The van der Waals surface area contributed by atoms with Crippen molar-refractivity contribution in [2.24, 2.45) is 5.41 Å². The molecule has 0 radical (unpaired) electrons. The van der Waals surface area contributed by atoms with Crippen LogP contribution in [0.3, 0.4) is 0 Å². The summed E-state index contributed by atoms with van der Waals surface area (Å²) in [5, 5.41) is 0. The molecule has 1 aliphatic heterocycles. The van der Waals surface area contributed by atoms with Gasteiger partial charge >= 0.3 is 0 Å². The number of aromatic nitrogens is 3. The maximum absolute atomic E-state index is 14.2. The van der Waals surface area contributed by atoms with Gasteiger partial charge in [-0.25, -0.2) is 23.1 Å². The lowest BCUT2D eigenvalue weighted by Gasteiger charge is -2.35. The first-order valence-corrected chi connectivity index (χ1v) is 15.5. The van der Waals surface area contributed by atoms with E-state index in [1.807, 2.05) is 32.0 Å². The lowest BCUT2D eigenvalue weighted by Crippen LogP contribution is -2.45. The number of nitrogens with zero attached hydrogens (tertiary/aromatic N) is 4. The molecule has 12 heteroatoms. The van der Waals surface area contributed by atoms with Crippen molar-refractivity contribution in [3.8, 4) is 17.1 Å². The van der Waals surface area contributed by atoms with E-state index < -0.39 is 16.1 Å². The molecule has 0 unspecified atom stereocenters. The molecule has 0 fully saturated rings. The molecule has 0 saturated heterocycles. The number of fused-ring (bicyclic) bond motifs is 4. The van der Waals surface area contributed by atoms with E-state index in [1.54, 1.807) is 41.3 Å². The molecule has 0 saturated carbocycles. The quantitative estimate of drug-likeness (QED) is 0.286. The number of carbonyl (C=O) groups is 1. The average Bonchev–Trinajstić information content (AvgIpc) is 2.92. The van der Waals surface area contributed by atoms with Crippen molar-refractivity contribution in [1.82, 2.24) is 19.9 Å². The maximum Gasteiger partial charge on any atom is 0.264 e. The van der Waals surface area contributed by atoms with Gasteiger partial charge in [0.15, 0.2) is 0 Å². The van der Waals surface area contributed by atoms with Crippen molar-refractivity contribution >= 4 is 40.1 Å². The van der Waals surface area contributed by atoms with E-state index in [4.69, 9.17) is 10.5 Å². The van der Waals surface area contributed by atoms with Crippen molar-refractivity contribution in [2.45, 2.75) is 58.5 Å². The van der Waals surface area contributed by atoms with Crippen LogP contribution in [0.1, 0.15) is 54.4 Å². The van der Waals surface area contributed by atoms with Gasteiger partial charge in [0, 0.05) is 17.2 Å². The number of nitrogen functional groups attached to an aromatic ring is 1. The van der Waals surface area contributed by atoms with Crippen molar-refractivity contribution < 1.29 is 17.9 Å². The third kappa shape index (κ3) is 7.46. The number of nitrogens with one attached hydrogen (secondary N) is 1. The van der Waals surface area contributed by atoms with Crippen LogP contribution in [0.25, 0.3) is 11.3 Å². The first-order chi connectivity index (χ1) is 20.3. The Kier molecular flexibility index (Phi) is 9.50. The molecule has 4 aromatic rings. The summed E-state index contributed by atoms with van der Waals surface area (Å²) >= 11 is 0. The van der Waals surface area contributed by atoms with Crippen molar-refractivity contribution in [3.63, 3.8) is 0 Å². The SMILES string of the molecule is Cc1cccc(C)c1-c1cc2nc(n1)NS(=O)(=O)c1cccc(c1)C(=O)N(Cc1cccc(N)n1)[C@H](CC(C)(C)C)CO2.Cl. The molecule has 1 aliphatic rings. The summed E-state index contributed by atoms with van der Waals surface area (Å²) in [6.45, 7) is 10.5. The lowest BCUT2D eigenvalue weighted by atomic mass is 9.87. The van der Waals surface area contributed by atoms with E-state index >= 15 is 0 Å². The first kappa shape index (κ1) is 32.7. The molecule has 1 amide bonds. The number of hydrogen-bond acceptors (Lipinski definition) is 8. The molecule has 5 rings (SSSR count). The number of benzene rings is 2. The summed E-state index contributed by atoms with van der Waals surface area (Å²) < 4.78 is 35.9. The van der Waals surface area contributed by atoms with Crippen LogP contribution in [0.5, 0.6) is 5.88 Å². The van der Waals surface area contributed by atoms with E-state index in [-0.39, 0.29) is 59.2 Å². The van der Waals surface area contributed by atoms with Crippen LogP contribution in [0.15, 0.2) is 71.6 Å². The van der Waals surface area contributed by atoms with E-state index in [9.17, 15) is 13.2 Å². The Morgan fingerprint density at radius 3 is 2.34 bits per heavy atom. The molecular formula is C32H37ClN6O4S. The molecule has 232 valence electrons. The molecule has 2 aromatic carbocycles. The van der Waals surface area contributed by atoms with Crippen LogP contribution in [0.2, 0.25) is 0 Å². The fourth-order valence-electron chi connectivity index (χ4n) is 5.31. The molecule has 0 aliphatic carbocycles. The second-order valence-corrected chi connectivity index (χ2v) is 13.7. The second-order valence-electron chi connectivity index (χ2n) is 12.0. The minimum Gasteiger partial charge on any atom is -0.475 e. The number of anilines is 2. The molecule has 3 heterocycles. The predicted molar refractivity (Wildman–Crippen MR) is 173 cm³/mol. The molecule has 10 nitrogen and oxygen atoms in total. The minimum atomic E-state index is -4.16. The van der Waals surface area contributed by atoms with Gasteiger partial charge in [0.1, 0.15) is 12.4 Å². The number of rotatable bonds is 4. The molecular weight excluding hydrogens is 600 g/mol. The Bertz CT molecular complexity index is 1770. The van der Waals surface area contributed by atoms with Crippen LogP contribution in [0, 0.1) is 19.3 Å². The number of pyridine rings is 1. The Morgan fingerprint density at radius 1 is 0.977 bits per heavy atom. The topological polar surface area (TPSA) is 140 Å². The van der Waals surface area contributed by atoms with Crippen LogP contribution >= 0.6 is 12.4 Å². The number of amides is 1. The largest absolute Gasteiger partial charge is 0.475 e. The maximum atomic E-state index is 14.2. The third-order valence-corrected chi connectivity index (χ3v) is 8.52. The molecule has 2 aromatic heterocycles. The highest BCUT2D eigenvalue weighted by molar-refractivity contribution is 7.92. The Morgan fingerprint density at radius 2 is 1.66 bits per heavy atom. The second kappa shape index (κ2) is 12.8. The first-order valence-electron chi connectivity index (χ1n) is 14.0. The van der Waals surface area contributed by atoms with Gasteiger partial charge in [-0.2, -0.15) is 4.98 Å². The van der Waals surface area contributed by atoms with Gasteiger partial charge in [-0.15, -0.1) is 12.4 Å². The van der Waals surface area contributed by atoms with Gasteiger partial charge in [0.2, 0.25) is 11.8 Å². The predicted octanol–water partition coefficient (Wildman–Crippen LogP) is 5.80. The van der Waals surface area contributed by atoms with Gasteiger partial charge < -0.3 is 15.4 Å². The molecule has 0 spiro atoms. The van der Waals surface area contributed by atoms with Crippen molar-refractivity contribution in [1.29, 1.82) is 0 Å². The Labute approximate surface area is 264 Å². The van der Waals surface area contributed by atoms with E-state index in [1.165, 1.54) is 12.1 Å². The highest BCUT2D eigenvalue weighted by Crippen LogP contribution is 2.31. The number of hydrogen-bond donors (Lipinski definition) is 2. The van der Waals surface area contributed by atoms with Gasteiger partial charge in [-0.05, 0) is 67.1 Å². The number of ether oxygens (including phenoxy) is 1. The van der Waals surface area contributed by atoms with Crippen molar-refractivity contribution in [3.05, 3.63) is 89.1 Å². The smallest absolute Gasteiger partial charge is 0.264 e. The number of aryl methyl sites for hydroxylation is 2. The van der Waals surface area contributed by atoms with Crippen LogP contribution in [-0.2, 0) is 16.6 Å². The van der Waals surface area contributed by atoms with Crippen molar-refractivity contribution in [2.75, 3.05) is 17.1 Å². The van der Waals surface area contributed by atoms with Gasteiger partial charge in [-0.1, -0.05) is 51.1 Å². The highest BCUT2D eigenvalue weighted by atomic mass is 35.5. The fraction of sp³-hybridized carbons (Fsp3) is 0.312. The van der Waals surface area contributed by atoms with Crippen LogP contribution < -0.4 is 15.2 Å². The zero-order valence-electron chi connectivity index (χ0n) is 25.4. The number of carbonyl (C=O) groups excluding carboxylic acids is 1. The molecule has 44 heavy (non-hydrogen) atoms. The normalized spacial score (nSPS) is 16.3. The van der Waals surface area contributed by atoms with E-state index in [0.717, 1.165) is 16.7 Å². The zero-order chi connectivity index (χ0) is 30.9. The van der Waals surface area contributed by atoms with Crippen LogP contribution in [0.4, 0.5) is 11.8 Å². The fourth-order valence-corrected chi connectivity index (χ4v) is 6.30. The zero-order valence-corrected chi connectivity index (χ0v) is 27.0. The number of halogens is 1. The summed E-state index contributed by atoms with van der Waals surface area (Å²) in [7, 11) is -4.16. The summed E-state index contributed by atoms with van der Waals surface area (Å²) in [5.74, 6) is 0.0440.